The zero-order chi connectivity index (χ0) is 14.0. The summed E-state index contributed by atoms with van der Waals surface area (Å²) in [5.41, 5.74) is 0. The van der Waals surface area contributed by atoms with Gasteiger partial charge >= 0.3 is 5.97 Å². The first-order valence-electron chi connectivity index (χ1n) is 5.09. The molecule has 1 fully saturated rings. The van der Waals surface area contributed by atoms with Gasteiger partial charge in [-0.2, -0.15) is 0 Å². The number of amides is 2. The van der Waals surface area contributed by atoms with E-state index in [4.69, 9.17) is 11.6 Å². The van der Waals surface area contributed by atoms with E-state index in [1.54, 1.807) is 18.2 Å². The van der Waals surface area contributed by atoms with E-state index in [0.717, 1.165) is 21.5 Å². The molecule has 5 nitrogen and oxygen atoms in total. The van der Waals surface area contributed by atoms with Crippen molar-refractivity contribution in [3.63, 3.8) is 0 Å². The second-order valence-corrected chi connectivity index (χ2v) is 6.23. The molecule has 2 heterocycles. The van der Waals surface area contributed by atoms with Crippen LogP contribution >= 0.6 is 34.7 Å². The zero-order valence-corrected chi connectivity index (χ0v) is 12.1. The predicted octanol–water partition coefficient (Wildman–Crippen LogP) is 2.61. The third-order valence-electron chi connectivity index (χ3n) is 2.26. The average molecular weight is 318 g/mol. The lowest BCUT2D eigenvalue weighted by Crippen LogP contribution is -2.34. The third-order valence-corrected chi connectivity index (χ3v) is 4.34. The molecule has 100 valence electrons. The van der Waals surface area contributed by atoms with Gasteiger partial charge in [-0.1, -0.05) is 11.6 Å². The highest BCUT2D eigenvalue weighted by molar-refractivity contribution is 8.18. The number of thiophene rings is 1. The molecule has 19 heavy (non-hydrogen) atoms. The van der Waals surface area contributed by atoms with Crippen LogP contribution in [0.2, 0.25) is 4.34 Å². The van der Waals surface area contributed by atoms with Crippen LogP contribution in [0.1, 0.15) is 4.88 Å². The minimum atomic E-state index is -0.636. The smallest absolute Gasteiger partial charge is 0.325 e. The van der Waals surface area contributed by atoms with Gasteiger partial charge in [-0.3, -0.25) is 19.3 Å². The van der Waals surface area contributed by atoms with E-state index in [1.165, 1.54) is 18.4 Å². The summed E-state index contributed by atoms with van der Waals surface area (Å²) in [5, 5.41) is -0.482. The number of halogens is 1. The van der Waals surface area contributed by atoms with Crippen molar-refractivity contribution in [3.8, 4) is 0 Å². The number of hydrogen-bond donors (Lipinski definition) is 0. The first kappa shape index (κ1) is 14.1. The maximum absolute atomic E-state index is 12.0. The molecule has 0 bridgehead atoms. The molecule has 0 saturated carbocycles. The summed E-state index contributed by atoms with van der Waals surface area (Å²) < 4.78 is 5.03. The normalized spacial score (nSPS) is 17.4. The molecule has 8 heteroatoms. The van der Waals surface area contributed by atoms with Crippen LogP contribution in [-0.4, -0.2) is 35.7 Å². The fraction of sp³-hybridized carbons (Fsp3) is 0.182. The molecule has 1 aromatic rings. The minimum absolute atomic E-state index is 0.271. The molecule has 0 radical (unpaired) electrons. The first-order valence-corrected chi connectivity index (χ1v) is 7.10. The van der Waals surface area contributed by atoms with Crippen LogP contribution in [-0.2, 0) is 14.3 Å². The van der Waals surface area contributed by atoms with Crippen molar-refractivity contribution in [3.05, 3.63) is 26.3 Å². The van der Waals surface area contributed by atoms with Crippen LogP contribution in [0.15, 0.2) is 17.0 Å². The topological polar surface area (TPSA) is 63.7 Å². The van der Waals surface area contributed by atoms with Crippen LogP contribution in [0.25, 0.3) is 6.08 Å². The molecule has 1 saturated heterocycles. The second-order valence-electron chi connectivity index (χ2n) is 3.49. The Balaban J connectivity index is 2.18. The number of imide groups is 1. The van der Waals surface area contributed by atoms with E-state index < -0.39 is 17.1 Å². The Kier molecular flexibility index (Phi) is 4.28. The maximum Gasteiger partial charge on any atom is 0.325 e. The molecule has 1 aliphatic rings. The van der Waals surface area contributed by atoms with Gasteiger partial charge in [-0.25, -0.2) is 0 Å². The number of esters is 1. The number of hydrogen-bond acceptors (Lipinski definition) is 6. The lowest BCUT2D eigenvalue weighted by molar-refractivity contribution is -0.143. The molecular formula is C11H8ClNO4S2. The summed E-state index contributed by atoms with van der Waals surface area (Å²) >= 11 is 7.88. The van der Waals surface area contributed by atoms with Crippen LogP contribution in [0.3, 0.4) is 0 Å². The van der Waals surface area contributed by atoms with Crippen LogP contribution in [0.4, 0.5) is 4.79 Å². The van der Waals surface area contributed by atoms with Gasteiger partial charge in [-0.05, 0) is 30.0 Å². The maximum atomic E-state index is 12.0. The largest absolute Gasteiger partial charge is 0.468 e. The lowest BCUT2D eigenvalue weighted by atomic mass is 10.3. The number of carbonyl (C=O) groups is 3. The van der Waals surface area contributed by atoms with Crippen molar-refractivity contribution in [1.82, 2.24) is 4.90 Å². The van der Waals surface area contributed by atoms with Gasteiger partial charge in [-0.15, -0.1) is 11.3 Å². The minimum Gasteiger partial charge on any atom is -0.468 e. The Morgan fingerprint density at radius 2 is 2.21 bits per heavy atom. The number of thioether (sulfide) groups is 1. The van der Waals surface area contributed by atoms with Crippen molar-refractivity contribution in [1.29, 1.82) is 0 Å². The molecule has 0 atom stereocenters. The molecule has 0 unspecified atom stereocenters. The number of ether oxygens (including phenoxy) is 1. The number of methoxy groups -OCH3 is 1. The molecule has 0 spiro atoms. The summed E-state index contributed by atoms with van der Waals surface area (Å²) in [4.78, 5) is 36.6. The Hall–Kier alpha value is -1.31. The van der Waals surface area contributed by atoms with E-state index >= 15 is 0 Å². The van der Waals surface area contributed by atoms with Gasteiger partial charge in [0.1, 0.15) is 6.54 Å². The Labute approximate surface area is 122 Å². The van der Waals surface area contributed by atoms with E-state index in [2.05, 4.69) is 4.74 Å². The summed E-state index contributed by atoms with van der Waals surface area (Å²) in [6, 6.07) is 3.46. The molecule has 0 aromatic carbocycles. The van der Waals surface area contributed by atoms with E-state index in [1.807, 2.05) is 0 Å². The first-order chi connectivity index (χ1) is 9.01. The molecule has 0 aliphatic carbocycles. The van der Waals surface area contributed by atoms with E-state index in [-0.39, 0.29) is 11.4 Å². The van der Waals surface area contributed by atoms with Crippen molar-refractivity contribution in [2.45, 2.75) is 0 Å². The van der Waals surface area contributed by atoms with Crippen molar-refractivity contribution < 1.29 is 19.1 Å². The summed E-state index contributed by atoms with van der Waals surface area (Å²) in [7, 11) is 1.20. The fourth-order valence-corrected chi connectivity index (χ4v) is 3.27. The Morgan fingerprint density at radius 1 is 1.47 bits per heavy atom. The van der Waals surface area contributed by atoms with E-state index in [0.29, 0.717) is 4.34 Å². The molecule has 1 aromatic heterocycles. The van der Waals surface area contributed by atoms with Crippen molar-refractivity contribution in [2.24, 2.45) is 0 Å². The van der Waals surface area contributed by atoms with Crippen molar-refractivity contribution in [2.75, 3.05) is 13.7 Å². The van der Waals surface area contributed by atoms with Gasteiger partial charge in [0.25, 0.3) is 11.1 Å². The number of rotatable bonds is 3. The summed E-state index contributed by atoms with van der Waals surface area (Å²) in [6.45, 7) is -0.371. The van der Waals surface area contributed by atoms with Crippen molar-refractivity contribution >= 4 is 57.9 Å². The third kappa shape index (κ3) is 3.17. The fourth-order valence-electron chi connectivity index (χ4n) is 1.37. The van der Waals surface area contributed by atoms with Crippen LogP contribution in [0, 0.1) is 0 Å². The second kappa shape index (κ2) is 5.77. The lowest BCUT2D eigenvalue weighted by Gasteiger charge is -2.09. The quantitative estimate of drug-likeness (QED) is 0.633. The van der Waals surface area contributed by atoms with Gasteiger partial charge in [0, 0.05) is 4.88 Å². The molecule has 2 rings (SSSR count). The SMILES string of the molecule is COC(=O)CN1C(=O)SC(=Cc2ccc(Cl)s2)C1=O. The summed E-state index contributed by atoms with van der Waals surface area (Å²) in [5.74, 6) is -1.13. The van der Waals surface area contributed by atoms with Crippen LogP contribution in [0.5, 0.6) is 0 Å². The standard InChI is InChI=1S/C11H8ClNO4S2/c1-17-9(14)5-13-10(15)7(19-11(13)16)4-6-2-3-8(12)18-6/h2-4H,5H2,1H3. The number of nitrogens with zero attached hydrogens (tertiary/aromatic N) is 1. The average Bonchev–Trinajstić information content (AvgIpc) is 2.88. The summed E-state index contributed by atoms with van der Waals surface area (Å²) in [6.07, 6.45) is 1.58. The highest BCUT2D eigenvalue weighted by atomic mass is 35.5. The van der Waals surface area contributed by atoms with Gasteiger partial charge in [0.05, 0.1) is 16.4 Å². The van der Waals surface area contributed by atoms with Gasteiger partial charge in [0.15, 0.2) is 0 Å². The Bertz CT molecular complexity index is 581. The molecular weight excluding hydrogens is 310 g/mol. The Morgan fingerprint density at radius 3 is 2.79 bits per heavy atom. The number of carbonyl (C=O) groups excluding carboxylic acids is 3. The molecule has 2 amide bonds. The molecule has 1 aliphatic heterocycles. The predicted molar refractivity (Wildman–Crippen MR) is 74.0 cm³/mol. The van der Waals surface area contributed by atoms with Gasteiger partial charge < -0.3 is 4.74 Å². The monoisotopic (exact) mass is 317 g/mol. The highest BCUT2D eigenvalue weighted by Gasteiger charge is 2.36. The molecule has 0 N–H and O–H groups in total. The van der Waals surface area contributed by atoms with Gasteiger partial charge in [0.2, 0.25) is 0 Å². The van der Waals surface area contributed by atoms with E-state index in [9.17, 15) is 14.4 Å². The highest BCUT2D eigenvalue weighted by Crippen LogP contribution is 2.33. The zero-order valence-electron chi connectivity index (χ0n) is 9.71. The van der Waals surface area contributed by atoms with Crippen LogP contribution < -0.4 is 0 Å².